The molecule has 0 fully saturated rings. The first kappa shape index (κ1) is 20.1. The number of hydrogen-bond donors (Lipinski definition) is 0. The third-order valence-electron chi connectivity index (χ3n) is 5.29. The van der Waals surface area contributed by atoms with E-state index in [1.165, 1.54) is 11.3 Å². The van der Waals surface area contributed by atoms with E-state index in [2.05, 4.69) is 114 Å². The summed E-state index contributed by atoms with van der Waals surface area (Å²) in [6, 6.07) is 8.38. The molecular formula is C26H31NO. The molecular weight excluding hydrogens is 342 g/mol. The van der Waals surface area contributed by atoms with Crippen LogP contribution in [0.4, 0.5) is 5.69 Å². The van der Waals surface area contributed by atoms with Crippen LogP contribution in [0.25, 0.3) is 6.08 Å². The van der Waals surface area contributed by atoms with Crippen molar-refractivity contribution in [3.63, 3.8) is 0 Å². The van der Waals surface area contributed by atoms with Crippen LogP contribution >= 0.6 is 0 Å². The molecule has 2 heteroatoms. The van der Waals surface area contributed by atoms with Crippen LogP contribution in [0, 0.1) is 10.8 Å². The predicted octanol–water partition coefficient (Wildman–Crippen LogP) is 6.49. The van der Waals surface area contributed by atoms with Gasteiger partial charge in [0.25, 0.3) is 0 Å². The molecule has 1 heterocycles. The van der Waals surface area contributed by atoms with Crippen LogP contribution < -0.4 is 4.90 Å². The molecule has 28 heavy (non-hydrogen) atoms. The van der Waals surface area contributed by atoms with Crippen LogP contribution in [-0.4, -0.2) is 12.8 Å². The number of nitrogens with zero attached hydrogens (tertiary/aromatic N) is 1. The van der Waals surface area contributed by atoms with E-state index in [-0.39, 0.29) is 16.6 Å². The maximum absolute atomic E-state index is 13.1. The fraction of sp³-hybridized carbons (Fsp3) is 0.346. The summed E-state index contributed by atoms with van der Waals surface area (Å²) in [4.78, 5) is 15.3. The van der Waals surface area contributed by atoms with Gasteiger partial charge in [-0.3, -0.25) is 4.79 Å². The SMILES string of the molecule is CN1/C(=C/C=C2C=C(C(C)(C)C)C(=O)C(C(C)(C)C)=C2)C=Cc2ccccc21. The second kappa shape index (κ2) is 7.09. The van der Waals surface area contributed by atoms with E-state index in [0.29, 0.717) is 0 Å². The molecule has 3 rings (SSSR count). The molecule has 0 amide bonds. The van der Waals surface area contributed by atoms with Crippen LogP contribution in [0.5, 0.6) is 0 Å². The van der Waals surface area contributed by atoms with Crippen molar-refractivity contribution in [2.75, 3.05) is 11.9 Å². The lowest BCUT2D eigenvalue weighted by molar-refractivity contribution is -0.114. The molecule has 1 aliphatic carbocycles. The van der Waals surface area contributed by atoms with E-state index >= 15 is 0 Å². The Balaban J connectivity index is 2.03. The minimum absolute atomic E-state index is 0.174. The van der Waals surface area contributed by atoms with Gasteiger partial charge in [-0.15, -0.1) is 0 Å². The van der Waals surface area contributed by atoms with E-state index in [9.17, 15) is 4.79 Å². The lowest BCUT2D eigenvalue weighted by atomic mass is 9.72. The van der Waals surface area contributed by atoms with Gasteiger partial charge in [0.05, 0.1) is 0 Å². The van der Waals surface area contributed by atoms with E-state index < -0.39 is 0 Å². The van der Waals surface area contributed by atoms with Crippen molar-refractivity contribution in [1.82, 2.24) is 0 Å². The zero-order chi connectivity index (χ0) is 20.7. The van der Waals surface area contributed by atoms with Gasteiger partial charge in [-0.25, -0.2) is 0 Å². The van der Waals surface area contributed by atoms with Crippen molar-refractivity contribution in [3.05, 3.63) is 82.6 Å². The number of rotatable bonds is 1. The van der Waals surface area contributed by atoms with Gasteiger partial charge >= 0.3 is 0 Å². The molecule has 0 atom stereocenters. The zero-order valence-corrected chi connectivity index (χ0v) is 18.1. The topological polar surface area (TPSA) is 20.3 Å². The lowest BCUT2D eigenvalue weighted by Crippen LogP contribution is -2.27. The first-order valence-electron chi connectivity index (χ1n) is 9.90. The van der Waals surface area contributed by atoms with Gasteiger partial charge in [0, 0.05) is 29.6 Å². The molecule has 0 saturated heterocycles. The molecule has 1 aromatic rings. The molecule has 0 saturated carbocycles. The van der Waals surface area contributed by atoms with Crippen LogP contribution in [0.1, 0.15) is 47.1 Å². The molecule has 0 radical (unpaired) electrons. The van der Waals surface area contributed by atoms with Crippen molar-refractivity contribution >= 4 is 17.5 Å². The van der Waals surface area contributed by atoms with Gasteiger partial charge in [-0.05, 0) is 52.3 Å². The quantitative estimate of drug-likeness (QED) is 0.561. The highest BCUT2D eigenvalue weighted by Crippen LogP contribution is 2.39. The second-order valence-electron chi connectivity index (χ2n) is 9.65. The Morgan fingerprint density at radius 1 is 0.821 bits per heavy atom. The van der Waals surface area contributed by atoms with Crippen molar-refractivity contribution in [1.29, 1.82) is 0 Å². The first-order chi connectivity index (χ1) is 13.0. The highest BCUT2D eigenvalue weighted by Gasteiger charge is 2.33. The summed E-state index contributed by atoms with van der Waals surface area (Å²) in [6.07, 6.45) is 12.6. The molecule has 2 aliphatic rings. The lowest BCUT2D eigenvalue weighted by Gasteiger charge is -2.31. The van der Waals surface area contributed by atoms with Gasteiger partial charge in [-0.1, -0.05) is 71.9 Å². The summed E-state index contributed by atoms with van der Waals surface area (Å²) in [5, 5.41) is 0. The maximum Gasteiger partial charge on any atom is 0.186 e. The van der Waals surface area contributed by atoms with E-state index in [1.807, 2.05) is 0 Å². The average molecular weight is 374 g/mol. The van der Waals surface area contributed by atoms with Crippen molar-refractivity contribution < 1.29 is 4.79 Å². The largest absolute Gasteiger partial charge is 0.344 e. The number of para-hydroxylation sites is 1. The smallest absolute Gasteiger partial charge is 0.186 e. The molecule has 0 unspecified atom stereocenters. The van der Waals surface area contributed by atoms with Crippen molar-refractivity contribution in [3.8, 4) is 0 Å². The second-order valence-corrected chi connectivity index (χ2v) is 9.65. The number of benzene rings is 1. The highest BCUT2D eigenvalue weighted by atomic mass is 16.1. The van der Waals surface area contributed by atoms with Gasteiger partial charge < -0.3 is 4.90 Å². The molecule has 2 nitrogen and oxygen atoms in total. The fourth-order valence-electron chi connectivity index (χ4n) is 3.57. The Hall–Kier alpha value is -2.61. The van der Waals surface area contributed by atoms with Crippen LogP contribution in [0.2, 0.25) is 0 Å². The summed E-state index contributed by atoms with van der Waals surface area (Å²) in [7, 11) is 2.09. The third-order valence-corrected chi connectivity index (χ3v) is 5.29. The third kappa shape index (κ3) is 3.96. The summed E-state index contributed by atoms with van der Waals surface area (Å²) in [6.45, 7) is 12.6. The number of allylic oxidation sites excluding steroid dienone is 8. The zero-order valence-electron chi connectivity index (χ0n) is 18.1. The van der Waals surface area contributed by atoms with Crippen molar-refractivity contribution in [2.45, 2.75) is 41.5 Å². The minimum atomic E-state index is -0.186. The summed E-state index contributed by atoms with van der Waals surface area (Å²) < 4.78 is 0. The number of ketones is 1. The molecule has 0 bridgehead atoms. The minimum Gasteiger partial charge on any atom is -0.344 e. The van der Waals surface area contributed by atoms with E-state index in [4.69, 9.17) is 0 Å². The standard InChI is InChI=1S/C26H31NO/c1-25(2,3)21-16-18(17-22(24(21)28)26(4,5)6)12-14-20-15-13-19-10-8-9-11-23(19)27(20)7/h8-17H,1-7H3/b20-14+. The summed E-state index contributed by atoms with van der Waals surface area (Å²) in [5.41, 5.74) is 6.00. The number of hydrogen-bond acceptors (Lipinski definition) is 2. The van der Waals surface area contributed by atoms with E-state index in [0.717, 1.165) is 22.4 Å². The monoisotopic (exact) mass is 373 g/mol. The fourth-order valence-corrected chi connectivity index (χ4v) is 3.57. The van der Waals surface area contributed by atoms with Crippen LogP contribution in [-0.2, 0) is 4.79 Å². The molecule has 0 aromatic heterocycles. The number of carbonyl (C=O) groups is 1. The van der Waals surface area contributed by atoms with Gasteiger partial charge in [0.15, 0.2) is 5.78 Å². The maximum atomic E-state index is 13.1. The Morgan fingerprint density at radius 3 is 1.96 bits per heavy atom. The normalized spacial score (nSPS) is 18.8. The molecule has 1 aromatic carbocycles. The average Bonchev–Trinajstić information content (AvgIpc) is 2.60. The first-order valence-corrected chi connectivity index (χ1v) is 9.90. The molecule has 1 aliphatic heterocycles. The Labute approximate surface area is 169 Å². The Morgan fingerprint density at radius 2 is 1.39 bits per heavy atom. The molecule has 0 N–H and O–H groups in total. The number of likely N-dealkylation sites (N-methyl/N-ethyl adjacent to an activating group) is 1. The van der Waals surface area contributed by atoms with Crippen molar-refractivity contribution in [2.24, 2.45) is 10.8 Å². The van der Waals surface area contributed by atoms with Gasteiger partial charge in [-0.2, -0.15) is 0 Å². The Kier molecular flexibility index (Phi) is 5.10. The number of anilines is 1. The van der Waals surface area contributed by atoms with Gasteiger partial charge in [0.2, 0.25) is 0 Å². The molecule has 146 valence electrons. The highest BCUT2D eigenvalue weighted by molar-refractivity contribution is 6.11. The van der Waals surface area contributed by atoms with E-state index in [1.54, 1.807) is 0 Å². The van der Waals surface area contributed by atoms with Gasteiger partial charge in [0.1, 0.15) is 0 Å². The van der Waals surface area contributed by atoms with Crippen LogP contribution in [0.15, 0.2) is 77.1 Å². The number of Topliss-reactive ketones (excluding diaryl/α,β-unsaturated/α-hetero) is 1. The number of carbonyl (C=O) groups excluding carboxylic acids is 1. The Bertz CT molecular complexity index is 917. The summed E-state index contributed by atoms with van der Waals surface area (Å²) in [5.74, 6) is 0.174. The predicted molar refractivity (Wildman–Crippen MR) is 120 cm³/mol. The van der Waals surface area contributed by atoms with Crippen LogP contribution in [0.3, 0.4) is 0 Å². The molecule has 0 spiro atoms. The number of fused-ring (bicyclic) bond motifs is 1. The summed E-state index contributed by atoms with van der Waals surface area (Å²) >= 11 is 0.